The van der Waals surface area contributed by atoms with Gasteiger partial charge in [-0.25, -0.2) is 15.0 Å². The van der Waals surface area contributed by atoms with Crippen LogP contribution in [-0.2, 0) is 0 Å². The number of rotatable bonds is 4. The van der Waals surface area contributed by atoms with Gasteiger partial charge >= 0.3 is 0 Å². The van der Waals surface area contributed by atoms with E-state index in [1.54, 1.807) is 18.5 Å². The first-order valence-corrected chi connectivity index (χ1v) is 9.18. The van der Waals surface area contributed by atoms with Crippen molar-refractivity contribution in [3.8, 4) is 10.8 Å². The lowest BCUT2D eigenvalue weighted by molar-refractivity contribution is 0.0755. The van der Waals surface area contributed by atoms with Crippen molar-refractivity contribution in [2.45, 2.75) is 39.0 Å². The van der Waals surface area contributed by atoms with Gasteiger partial charge in [0.2, 0.25) is 0 Å². The lowest BCUT2D eigenvalue weighted by Crippen LogP contribution is -2.32. The molecule has 2 aromatic rings. The molecule has 1 fully saturated rings. The van der Waals surface area contributed by atoms with E-state index in [1.807, 2.05) is 10.3 Å². The molecule has 0 unspecified atom stereocenters. The van der Waals surface area contributed by atoms with E-state index >= 15 is 0 Å². The molecule has 1 saturated heterocycles. The second kappa shape index (κ2) is 7.64. The van der Waals surface area contributed by atoms with Gasteiger partial charge in [-0.15, -0.1) is 11.3 Å². The van der Waals surface area contributed by atoms with Crippen molar-refractivity contribution in [2.75, 3.05) is 13.1 Å². The van der Waals surface area contributed by atoms with E-state index in [-0.39, 0.29) is 5.91 Å². The number of carbonyl (C=O) groups excluding carboxylic acids is 1. The standard InChI is InChI=1S/C17H22N4OS/c1-2-5-13-6-3-10-21(11-7-13)17(22)14-12-23-16(20-14)15-18-8-4-9-19-15/h4,8-9,12-13H,2-3,5-7,10-11H2,1H3/t13-/m0/s1. The third-order valence-electron chi connectivity index (χ3n) is 4.31. The average Bonchev–Trinajstić information content (AvgIpc) is 2.96. The topological polar surface area (TPSA) is 59.0 Å². The van der Waals surface area contributed by atoms with Crippen LogP contribution >= 0.6 is 11.3 Å². The highest BCUT2D eigenvalue weighted by molar-refractivity contribution is 7.13. The molecule has 1 aliphatic rings. The maximum Gasteiger partial charge on any atom is 0.273 e. The van der Waals surface area contributed by atoms with E-state index in [2.05, 4.69) is 21.9 Å². The van der Waals surface area contributed by atoms with Crippen LogP contribution in [0.1, 0.15) is 49.5 Å². The van der Waals surface area contributed by atoms with Gasteiger partial charge < -0.3 is 4.90 Å². The zero-order valence-electron chi connectivity index (χ0n) is 13.4. The van der Waals surface area contributed by atoms with Gasteiger partial charge in [0.1, 0.15) is 5.69 Å². The second-order valence-corrected chi connectivity index (χ2v) is 6.85. The molecule has 1 atom stereocenters. The van der Waals surface area contributed by atoms with E-state index in [1.165, 1.54) is 30.6 Å². The number of amides is 1. The van der Waals surface area contributed by atoms with Crippen LogP contribution < -0.4 is 0 Å². The molecule has 1 aliphatic heterocycles. The molecule has 122 valence electrons. The summed E-state index contributed by atoms with van der Waals surface area (Å²) in [5.41, 5.74) is 0.520. The van der Waals surface area contributed by atoms with Gasteiger partial charge in [-0.05, 0) is 31.2 Å². The Bertz CT molecular complexity index is 643. The predicted molar refractivity (Wildman–Crippen MR) is 91.3 cm³/mol. The first kappa shape index (κ1) is 16.1. The fourth-order valence-corrected chi connectivity index (χ4v) is 3.85. The minimum Gasteiger partial charge on any atom is -0.337 e. The van der Waals surface area contributed by atoms with E-state index in [9.17, 15) is 4.79 Å². The summed E-state index contributed by atoms with van der Waals surface area (Å²) in [4.78, 5) is 27.5. The summed E-state index contributed by atoms with van der Waals surface area (Å²) >= 11 is 1.43. The molecule has 2 aromatic heterocycles. The second-order valence-electron chi connectivity index (χ2n) is 5.99. The SMILES string of the molecule is CCC[C@H]1CCCN(C(=O)c2csc(-c3ncccn3)n2)CC1. The highest BCUT2D eigenvalue weighted by Gasteiger charge is 2.23. The highest BCUT2D eigenvalue weighted by Crippen LogP contribution is 2.24. The Hall–Kier alpha value is -1.82. The molecular formula is C17H22N4OS. The summed E-state index contributed by atoms with van der Waals surface area (Å²) in [6.45, 7) is 3.92. The average molecular weight is 330 g/mol. The van der Waals surface area contributed by atoms with Gasteiger partial charge in [-0.2, -0.15) is 0 Å². The minimum absolute atomic E-state index is 0.0422. The Labute approximate surface area is 140 Å². The number of nitrogens with zero attached hydrogens (tertiary/aromatic N) is 4. The number of aromatic nitrogens is 3. The Morgan fingerprint density at radius 2 is 2.13 bits per heavy atom. The molecule has 23 heavy (non-hydrogen) atoms. The van der Waals surface area contributed by atoms with Gasteiger partial charge in [-0.1, -0.05) is 19.8 Å². The van der Waals surface area contributed by atoms with E-state index in [4.69, 9.17) is 0 Å². The molecule has 5 nitrogen and oxygen atoms in total. The number of likely N-dealkylation sites (tertiary alicyclic amines) is 1. The van der Waals surface area contributed by atoms with Crippen molar-refractivity contribution >= 4 is 17.2 Å². The molecule has 0 bridgehead atoms. The third-order valence-corrected chi connectivity index (χ3v) is 5.15. The fourth-order valence-electron chi connectivity index (χ4n) is 3.11. The minimum atomic E-state index is 0.0422. The van der Waals surface area contributed by atoms with Crippen molar-refractivity contribution in [3.05, 3.63) is 29.5 Å². The van der Waals surface area contributed by atoms with Crippen molar-refractivity contribution in [2.24, 2.45) is 5.92 Å². The first-order valence-electron chi connectivity index (χ1n) is 8.30. The molecule has 0 aromatic carbocycles. The summed E-state index contributed by atoms with van der Waals surface area (Å²) in [7, 11) is 0. The third kappa shape index (κ3) is 3.93. The highest BCUT2D eigenvalue weighted by atomic mass is 32.1. The molecule has 3 heterocycles. The quantitative estimate of drug-likeness (QED) is 0.858. The van der Waals surface area contributed by atoms with Gasteiger partial charge in [-0.3, -0.25) is 4.79 Å². The van der Waals surface area contributed by atoms with Crippen molar-refractivity contribution in [1.29, 1.82) is 0 Å². The van der Waals surface area contributed by atoms with Crippen LogP contribution in [0, 0.1) is 5.92 Å². The number of thiazole rings is 1. The van der Waals surface area contributed by atoms with Crippen LogP contribution in [-0.4, -0.2) is 38.8 Å². The summed E-state index contributed by atoms with van der Waals surface area (Å²) < 4.78 is 0. The molecular weight excluding hydrogens is 308 g/mol. The van der Waals surface area contributed by atoms with Crippen LogP contribution in [0.3, 0.4) is 0 Å². The zero-order chi connectivity index (χ0) is 16.1. The molecule has 3 rings (SSSR count). The Morgan fingerprint density at radius 1 is 1.30 bits per heavy atom. The predicted octanol–water partition coefficient (Wildman–Crippen LogP) is 3.64. The molecule has 0 aliphatic carbocycles. The van der Waals surface area contributed by atoms with Crippen LogP contribution in [0.15, 0.2) is 23.8 Å². The summed E-state index contributed by atoms with van der Waals surface area (Å²) in [6.07, 6.45) is 9.31. The van der Waals surface area contributed by atoms with Crippen molar-refractivity contribution in [1.82, 2.24) is 19.9 Å². The number of carbonyl (C=O) groups is 1. The molecule has 0 N–H and O–H groups in total. The summed E-state index contributed by atoms with van der Waals surface area (Å²) in [5, 5.41) is 2.52. The largest absolute Gasteiger partial charge is 0.337 e. The lowest BCUT2D eigenvalue weighted by atomic mass is 9.96. The molecule has 6 heteroatoms. The van der Waals surface area contributed by atoms with E-state index in [0.717, 1.165) is 31.8 Å². The van der Waals surface area contributed by atoms with Crippen LogP contribution in [0.5, 0.6) is 0 Å². The van der Waals surface area contributed by atoms with Gasteiger partial charge in [0.05, 0.1) is 0 Å². The summed E-state index contributed by atoms with van der Waals surface area (Å²) in [5.74, 6) is 1.39. The first-order chi connectivity index (χ1) is 11.3. The van der Waals surface area contributed by atoms with E-state index < -0.39 is 0 Å². The van der Waals surface area contributed by atoms with Crippen molar-refractivity contribution in [3.63, 3.8) is 0 Å². The Morgan fingerprint density at radius 3 is 2.91 bits per heavy atom. The monoisotopic (exact) mass is 330 g/mol. The van der Waals surface area contributed by atoms with Crippen LogP contribution in [0.2, 0.25) is 0 Å². The van der Waals surface area contributed by atoms with Crippen molar-refractivity contribution < 1.29 is 4.79 Å². The molecule has 0 radical (unpaired) electrons. The van der Waals surface area contributed by atoms with Gasteiger partial charge in [0.25, 0.3) is 5.91 Å². The zero-order valence-corrected chi connectivity index (χ0v) is 14.3. The van der Waals surface area contributed by atoms with E-state index in [0.29, 0.717) is 16.5 Å². The number of hydrogen-bond donors (Lipinski definition) is 0. The van der Waals surface area contributed by atoms with Gasteiger partial charge in [0.15, 0.2) is 10.8 Å². The normalized spacial score (nSPS) is 18.7. The molecule has 0 spiro atoms. The fraction of sp³-hybridized carbons (Fsp3) is 0.529. The van der Waals surface area contributed by atoms with Crippen LogP contribution in [0.25, 0.3) is 10.8 Å². The summed E-state index contributed by atoms with van der Waals surface area (Å²) in [6, 6.07) is 1.77. The Balaban J connectivity index is 1.68. The van der Waals surface area contributed by atoms with Crippen LogP contribution in [0.4, 0.5) is 0 Å². The maximum atomic E-state index is 12.7. The molecule has 0 saturated carbocycles. The lowest BCUT2D eigenvalue weighted by Gasteiger charge is -2.19. The Kier molecular flexibility index (Phi) is 5.33. The molecule has 1 amide bonds. The van der Waals surface area contributed by atoms with Gasteiger partial charge in [0, 0.05) is 30.9 Å². The smallest absolute Gasteiger partial charge is 0.273 e. The maximum absolute atomic E-state index is 12.7. The number of hydrogen-bond acceptors (Lipinski definition) is 5.